The molecule has 0 unspecified atom stereocenters. The first-order valence-corrected chi connectivity index (χ1v) is 5.39. The molecule has 0 heterocycles. The summed E-state index contributed by atoms with van der Waals surface area (Å²) < 4.78 is 0. The lowest BCUT2D eigenvalue weighted by atomic mass is 10.3. The Labute approximate surface area is 106 Å². The highest BCUT2D eigenvalue weighted by molar-refractivity contribution is 7.97. The predicted octanol–water partition coefficient (Wildman–Crippen LogP) is 0.749. The molecule has 8 heteroatoms. The van der Waals surface area contributed by atoms with Crippen molar-refractivity contribution in [2.75, 3.05) is 14.1 Å². The molecular formula is C8H16N6S2. The highest BCUT2D eigenvalue weighted by Crippen LogP contribution is 1.90. The zero-order valence-corrected chi connectivity index (χ0v) is 11.5. The fraction of sp³-hybridized carbons (Fsp3) is 0.500. The molecule has 0 saturated carbocycles. The number of nitrogens with zero attached hydrogens (tertiary/aromatic N) is 4. The zero-order valence-electron chi connectivity index (χ0n) is 9.68. The molecule has 0 radical (unpaired) electrons. The average molecular weight is 260 g/mol. The van der Waals surface area contributed by atoms with Crippen LogP contribution >= 0.6 is 25.3 Å². The maximum atomic E-state index is 4.02. The summed E-state index contributed by atoms with van der Waals surface area (Å²) in [5.41, 5.74) is 1.31. The summed E-state index contributed by atoms with van der Waals surface area (Å²) in [6.45, 7) is 3.57. The lowest BCUT2D eigenvalue weighted by molar-refractivity contribution is 1.13. The monoisotopic (exact) mass is 260 g/mol. The third-order valence-electron chi connectivity index (χ3n) is 1.56. The minimum atomic E-state index is 0.431. The standard InChI is InChI=1S/C8H16N6S2/c1-5(11-13-7(15)9-3)6(2)12-14-8(16)10-4/h1-4H3,(H2,9,13,15)(H2,10,14,16)/b11-5+,12-6+. The first kappa shape index (κ1) is 15.0. The van der Waals surface area contributed by atoms with E-state index in [2.05, 4.69) is 56.3 Å². The van der Waals surface area contributed by atoms with Gasteiger partial charge < -0.3 is 10.6 Å². The molecule has 0 spiro atoms. The van der Waals surface area contributed by atoms with Crippen molar-refractivity contribution in [2.45, 2.75) is 13.8 Å². The summed E-state index contributed by atoms with van der Waals surface area (Å²) in [6.07, 6.45) is 0. The molecule has 0 aromatic heterocycles. The zero-order chi connectivity index (χ0) is 12.6. The van der Waals surface area contributed by atoms with E-state index in [4.69, 9.17) is 0 Å². The molecule has 90 valence electrons. The second-order valence-electron chi connectivity index (χ2n) is 2.72. The summed E-state index contributed by atoms with van der Waals surface area (Å²) in [7, 11) is 3.42. The van der Waals surface area contributed by atoms with Crippen LogP contribution in [0.1, 0.15) is 13.8 Å². The van der Waals surface area contributed by atoms with E-state index in [0.29, 0.717) is 21.8 Å². The first-order valence-electron chi connectivity index (χ1n) is 4.49. The number of nitrogens with one attached hydrogen (secondary N) is 2. The van der Waals surface area contributed by atoms with Crippen LogP contribution in [-0.2, 0) is 0 Å². The number of amidine groups is 2. The summed E-state index contributed by atoms with van der Waals surface area (Å²) in [6, 6.07) is 0. The van der Waals surface area contributed by atoms with E-state index in [1.54, 1.807) is 27.9 Å². The van der Waals surface area contributed by atoms with Gasteiger partial charge in [0.2, 0.25) is 0 Å². The van der Waals surface area contributed by atoms with Gasteiger partial charge in [-0.05, 0) is 13.8 Å². The quantitative estimate of drug-likeness (QED) is 0.262. The van der Waals surface area contributed by atoms with Crippen molar-refractivity contribution in [3.8, 4) is 0 Å². The molecule has 2 N–H and O–H groups in total. The van der Waals surface area contributed by atoms with Crippen LogP contribution in [0, 0.1) is 0 Å². The van der Waals surface area contributed by atoms with Crippen LogP contribution in [0.15, 0.2) is 20.4 Å². The van der Waals surface area contributed by atoms with Crippen LogP contribution in [0.2, 0.25) is 0 Å². The van der Waals surface area contributed by atoms with Crippen molar-refractivity contribution < 1.29 is 0 Å². The second kappa shape index (κ2) is 8.17. The SMILES string of the molecule is CN/C(S)=N/N=C(C)/C(C)=N/N=C(\S)NC. The van der Waals surface area contributed by atoms with Gasteiger partial charge in [0.05, 0.1) is 11.4 Å². The highest BCUT2D eigenvalue weighted by Gasteiger charge is 1.96. The van der Waals surface area contributed by atoms with Gasteiger partial charge in [0.1, 0.15) is 0 Å². The van der Waals surface area contributed by atoms with Crippen molar-refractivity contribution in [1.29, 1.82) is 0 Å². The number of rotatable bonds is 3. The number of hydrogen-bond donors (Lipinski definition) is 4. The molecule has 0 aliphatic heterocycles. The molecule has 0 bridgehead atoms. The molecule has 16 heavy (non-hydrogen) atoms. The van der Waals surface area contributed by atoms with E-state index in [1.165, 1.54) is 0 Å². The van der Waals surface area contributed by atoms with Gasteiger partial charge in [-0.1, -0.05) is 0 Å². The van der Waals surface area contributed by atoms with Gasteiger partial charge in [0.25, 0.3) is 0 Å². The van der Waals surface area contributed by atoms with Gasteiger partial charge in [-0.2, -0.15) is 10.2 Å². The van der Waals surface area contributed by atoms with Crippen LogP contribution in [-0.4, -0.2) is 35.9 Å². The Morgan fingerprint density at radius 3 is 1.31 bits per heavy atom. The smallest absolute Gasteiger partial charge is 0.179 e. The van der Waals surface area contributed by atoms with E-state index in [0.717, 1.165) is 0 Å². The van der Waals surface area contributed by atoms with Crippen molar-refractivity contribution in [3.63, 3.8) is 0 Å². The van der Waals surface area contributed by atoms with E-state index >= 15 is 0 Å². The first-order chi connectivity index (χ1) is 7.51. The molecule has 0 aromatic rings. The molecule has 0 saturated heterocycles. The molecular weight excluding hydrogens is 244 g/mol. The van der Waals surface area contributed by atoms with Crippen molar-refractivity contribution in [3.05, 3.63) is 0 Å². The molecule has 0 aliphatic rings. The van der Waals surface area contributed by atoms with Crippen molar-refractivity contribution in [1.82, 2.24) is 10.6 Å². The fourth-order valence-corrected chi connectivity index (χ4v) is 0.579. The van der Waals surface area contributed by atoms with Crippen LogP contribution in [0.3, 0.4) is 0 Å². The highest BCUT2D eigenvalue weighted by atomic mass is 32.1. The molecule has 0 rings (SSSR count). The van der Waals surface area contributed by atoms with Crippen LogP contribution in [0.25, 0.3) is 0 Å². The number of hydrogen-bond acceptors (Lipinski definition) is 4. The third-order valence-corrected chi connectivity index (χ3v) is 2.19. The third kappa shape index (κ3) is 6.46. The average Bonchev–Trinajstić information content (AvgIpc) is 2.31. The summed E-state index contributed by atoms with van der Waals surface area (Å²) in [5.74, 6) is 0. The van der Waals surface area contributed by atoms with E-state index in [9.17, 15) is 0 Å². The Hall–Kier alpha value is -1.02. The Morgan fingerprint density at radius 2 is 1.06 bits per heavy atom. The number of thiol groups is 2. The van der Waals surface area contributed by atoms with Gasteiger partial charge in [-0.25, -0.2) is 0 Å². The van der Waals surface area contributed by atoms with Crippen molar-refractivity contribution >= 4 is 47.0 Å². The summed E-state index contributed by atoms with van der Waals surface area (Å²) >= 11 is 8.03. The molecule has 0 aliphatic carbocycles. The summed E-state index contributed by atoms with van der Waals surface area (Å²) in [4.78, 5) is 0. The molecule has 0 aromatic carbocycles. The van der Waals surface area contributed by atoms with Gasteiger partial charge in [0.15, 0.2) is 10.3 Å². The van der Waals surface area contributed by atoms with Gasteiger partial charge in [-0.3, -0.25) is 0 Å². The largest absolute Gasteiger partial charge is 0.366 e. The molecule has 6 nitrogen and oxygen atoms in total. The second-order valence-corrected chi connectivity index (χ2v) is 3.57. The van der Waals surface area contributed by atoms with Crippen LogP contribution in [0.5, 0.6) is 0 Å². The Bertz CT molecular complexity index is 310. The molecule has 0 atom stereocenters. The van der Waals surface area contributed by atoms with E-state index in [-0.39, 0.29) is 0 Å². The molecule has 0 fully saturated rings. The van der Waals surface area contributed by atoms with Crippen LogP contribution in [0.4, 0.5) is 0 Å². The maximum Gasteiger partial charge on any atom is 0.179 e. The van der Waals surface area contributed by atoms with E-state index < -0.39 is 0 Å². The van der Waals surface area contributed by atoms with Gasteiger partial charge >= 0.3 is 0 Å². The topological polar surface area (TPSA) is 73.5 Å². The van der Waals surface area contributed by atoms with Gasteiger partial charge in [0, 0.05) is 14.1 Å². The Balaban J connectivity index is 4.67. The van der Waals surface area contributed by atoms with Crippen molar-refractivity contribution in [2.24, 2.45) is 20.4 Å². The Morgan fingerprint density at radius 1 is 0.750 bits per heavy atom. The molecule has 0 amide bonds. The van der Waals surface area contributed by atoms with Gasteiger partial charge in [-0.15, -0.1) is 35.5 Å². The lowest BCUT2D eigenvalue weighted by Gasteiger charge is -1.97. The predicted molar refractivity (Wildman–Crippen MR) is 77.2 cm³/mol. The fourth-order valence-electron chi connectivity index (χ4n) is 0.489. The normalized spacial score (nSPS) is 15.1. The minimum Gasteiger partial charge on any atom is -0.366 e. The maximum absolute atomic E-state index is 4.02. The minimum absolute atomic E-state index is 0.431. The lowest BCUT2D eigenvalue weighted by Crippen LogP contribution is -2.12. The Kier molecular flexibility index (Phi) is 7.65. The summed E-state index contributed by atoms with van der Waals surface area (Å²) in [5, 5.41) is 21.8. The van der Waals surface area contributed by atoms with E-state index in [1.807, 2.05) is 0 Å². The van der Waals surface area contributed by atoms with Crippen LogP contribution < -0.4 is 10.6 Å².